The molecule has 2 rings (SSSR count). The van der Waals surface area contributed by atoms with Crippen molar-refractivity contribution in [2.75, 3.05) is 12.4 Å². The van der Waals surface area contributed by atoms with E-state index in [9.17, 15) is 4.79 Å². The van der Waals surface area contributed by atoms with E-state index in [4.69, 9.17) is 0 Å². The molecule has 1 heterocycles. The minimum atomic E-state index is -0.0313. The van der Waals surface area contributed by atoms with Crippen LogP contribution in [-0.4, -0.2) is 24.0 Å². The van der Waals surface area contributed by atoms with Crippen molar-refractivity contribution in [1.29, 1.82) is 0 Å². The molecular weight excluding hydrogens is 238 g/mol. The van der Waals surface area contributed by atoms with Gasteiger partial charge < -0.3 is 10.6 Å². The molecule has 0 bridgehead atoms. The number of hydrogen-bond donors (Lipinski definition) is 2. The third kappa shape index (κ3) is 3.25. The van der Waals surface area contributed by atoms with Gasteiger partial charge in [0.1, 0.15) is 0 Å². The van der Waals surface area contributed by atoms with Gasteiger partial charge in [0.15, 0.2) is 0 Å². The van der Waals surface area contributed by atoms with Gasteiger partial charge in [-0.05, 0) is 38.7 Å². The van der Waals surface area contributed by atoms with Gasteiger partial charge in [-0.1, -0.05) is 12.8 Å². The summed E-state index contributed by atoms with van der Waals surface area (Å²) in [7, 11) is 1.83. The van der Waals surface area contributed by atoms with E-state index in [1.165, 1.54) is 25.7 Å². The van der Waals surface area contributed by atoms with Crippen molar-refractivity contribution in [2.24, 2.45) is 5.92 Å². The lowest BCUT2D eigenvalue weighted by Gasteiger charge is -2.21. The quantitative estimate of drug-likeness (QED) is 0.876. The maximum Gasteiger partial charge on any atom is 0.255 e. The zero-order valence-corrected chi connectivity index (χ0v) is 12.0. The van der Waals surface area contributed by atoms with Crippen molar-refractivity contribution in [2.45, 2.75) is 45.6 Å². The molecule has 19 heavy (non-hydrogen) atoms. The van der Waals surface area contributed by atoms with Crippen LogP contribution in [0.25, 0.3) is 0 Å². The Labute approximate surface area is 115 Å². The Balaban J connectivity index is 2.06. The van der Waals surface area contributed by atoms with Crippen LogP contribution in [0.15, 0.2) is 12.3 Å². The first-order valence-corrected chi connectivity index (χ1v) is 7.07. The molecular formula is C15H23N3O. The number of nitrogens with one attached hydrogen (secondary N) is 2. The minimum Gasteiger partial charge on any atom is -0.387 e. The molecule has 104 valence electrons. The number of pyridine rings is 1. The van der Waals surface area contributed by atoms with Crippen molar-refractivity contribution in [3.8, 4) is 0 Å². The number of aromatic nitrogens is 1. The zero-order chi connectivity index (χ0) is 13.8. The van der Waals surface area contributed by atoms with Crippen LogP contribution in [0.4, 0.5) is 5.69 Å². The summed E-state index contributed by atoms with van der Waals surface area (Å²) in [5.41, 5.74) is 2.37. The number of carbonyl (C=O) groups excluding carboxylic acids is 1. The van der Waals surface area contributed by atoms with Crippen molar-refractivity contribution < 1.29 is 4.79 Å². The molecule has 1 saturated carbocycles. The fraction of sp³-hybridized carbons (Fsp3) is 0.600. The van der Waals surface area contributed by atoms with Crippen LogP contribution < -0.4 is 10.6 Å². The van der Waals surface area contributed by atoms with Crippen molar-refractivity contribution >= 4 is 11.6 Å². The van der Waals surface area contributed by atoms with E-state index in [0.29, 0.717) is 11.5 Å². The number of rotatable bonds is 4. The summed E-state index contributed by atoms with van der Waals surface area (Å²) in [6.45, 7) is 4.03. The lowest BCUT2D eigenvalue weighted by atomic mass is 9.99. The highest BCUT2D eigenvalue weighted by atomic mass is 16.1. The first-order chi connectivity index (χ1) is 9.11. The Morgan fingerprint density at radius 2 is 2.11 bits per heavy atom. The number of aryl methyl sites for hydroxylation is 1. The Morgan fingerprint density at radius 1 is 1.42 bits per heavy atom. The Morgan fingerprint density at radius 3 is 2.74 bits per heavy atom. The van der Waals surface area contributed by atoms with Gasteiger partial charge in [-0.2, -0.15) is 0 Å². The third-order valence-corrected chi connectivity index (χ3v) is 4.02. The molecule has 1 unspecified atom stereocenters. The van der Waals surface area contributed by atoms with Gasteiger partial charge in [0.2, 0.25) is 0 Å². The molecule has 4 nitrogen and oxygen atoms in total. The van der Waals surface area contributed by atoms with Gasteiger partial charge in [-0.15, -0.1) is 0 Å². The Hall–Kier alpha value is -1.58. The number of carbonyl (C=O) groups is 1. The first kappa shape index (κ1) is 13.8. The molecule has 2 N–H and O–H groups in total. The smallest absolute Gasteiger partial charge is 0.255 e. The third-order valence-electron chi connectivity index (χ3n) is 4.02. The number of nitrogens with zero attached hydrogens (tertiary/aromatic N) is 1. The molecule has 0 spiro atoms. The molecule has 1 amide bonds. The van der Waals surface area contributed by atoms with Gasteiger partial charge in [-0.25, -0.2) is 0 Å². The largest absolute Gasteiger partial charge is 0.387 e. The van der Waals surface area contributed by atoms with Gasteiger partial charge in [0.25, 0.3) is 5.91 Å². The summed E-state index contributed by atoms with van der Waals surface area (Å²) >= 11 is 0. The molecule has 4 heteroatoms. The zero-order valence-electron chi connectivity index (χ0n) is 12.0. The van der Waals surface area contributed by atoms with Crippen LogP contribution in [0.5, 0.6) is 0 Å². The summed E-state index contributed by atoms with van der Waals surface area (Å²) in [6, 6.07) is 2.14. The Kier molecular flexibility index (Phi) is 4.40. The monoisotopic (exact) mass is 261 g/mol. The summed E-state index contributed by atoms with van der Waals surface area (Å²) in [5.74, 6) is 0.594. The van der Waals surface area contributed by atoms with Crippen LogP contribution in [0.1, 0.15) is 48.7 Å². The lowest BCUT2D eigenvalue weighted by molar-refractivity contribution is 0.0927. The SMILES string of the molecule is CNc1cc(C)ncc1C(=O)NC(C)C1CCCC1. The normalized spacial score (nSPS) is 17.2. The maximum absolute atomic E-state index is 12.3. The second-order valence-corrected chi connectivity index (χ2v) is 5.43. The number of anilines is 1. The van der Waals surface area contributed by atoms with E-state index in [2.05, 4.69) is 22.5 Å². The number of amides is 1. The first-order valence-electron chi connectivity index (χ1n) is 7.07. The molecule has 0 aromatic carbocycles. The molecule has 0 saturated heterocycles. The summed E-state index contributed by atoms with van der Waals surface area (Å²) in [4.78, 5) is 16.5. The molecule has 1 atom stereocenters. The van der Waals surface area contributed by atoms with Crippen LogP contribution in [0.2, 0.25) is 0 Å². The predicted molar refractivity (Wildman–Crippen MR) is 77.4 cm³/mol. The molecule has 1 aromatic heterocycles. The fourth-order valence-corrected chi connectivity index (χ4v) is 2.81. The highest BCUT2D eigenvalue weighted by Gasteiger charge is 2.23. The molecule has 1 aromatic rings. The molecule has 0 radical (unpaired) electrons. The number of hydrogen-bond acceptors (Lipinski definition) is 3. The van der Waals surface area contributed by atoms with Crippen molar-refractivity contribution in [3.05, 3.63) is 23.5 Å². The van der Waals surface area contributed by atoms with E-state index >= 15 is 0 Å². The highest BCUT2D eigenvalue weighted by Crippen LogP contribution is 2.27. The molecule has 0 aliphatic heterocycles. The van der Waals surface area contributed by atoms with Gasteiger partial charge in [0.05, 0.1) is 11.3 Å². The van der Waals surface area contributed by atoms with Crippen LogP contribution in [-0.2, 0) is 0 Å². The predicted octanol–water partition coefficient (Wildman–Crippen LogP) is 2.74. The minimum absolute atomic E-state index is 0.0313. The van der Waals surface area contributed by atoms with E-state index < -0.39 is 0 Å². The standard InChI is InChI=1S/C15H23N3O/c1-10-8-14(16-3)13(9-17-10)15(19)18-11(2)12-6-4-5-7-12/h8-9,11-12H,4-7H2,1-3H3,(H,16,17)(H,18,19). The molecule has 1 aliphatic carbocycles. The second kappa shape index (κ2) is 6.04. The van der Waals surface area contributed by atoms with Gasteiger partial charge in [0, 0.05) is 25.0 Å². The summed E-state index contributed by atoms with van der Waals surface area (Å²) < 4.78 is 0. The Bertz CT molecular complexity index is 453. The average Bonchev–Trinajstić information content (AvgIpc) is 2.92. The van der Waals surface area contributed by atoms with Crippen molar-refractivity contribution in [3.63, 3.8) is 0 Å². The van der Waals surface area contributed by atoms with Gasteiger partial charge >= 0.3 is 0 Å². The van der Waals surface area contributed by atoms with Crippen molar-refractivity contribution in [1.82, 2.24) is 10.3 Å². The second-order valence-electron chi connectivity index (χ2n) is 5.43. The van der Waals surface area contributed by atoms with Crippen LogP contribution >= 0.6 is 0 Å². The molecule has 1 fully saturated rings. The van der Waals surface area contributed by atoms with E-state index in [0.717, 1.165) is 11.4 Å². The lowest BCUT2D eigenvalue weighted by Crippen LogP contribution is -2.37. The average molecular weight is 261 g/mol. The van der Waals surface area contributed by atoms with Crippen LogP contribution in [0, 0.1) is 12.8 Å². The van der Waals surface area contributed by atoms with E-state index in [1.54, 1.807) is 6.20 Å². The van der Waals surface area contributed by atoms with E-state index in [-0.39, 0.29) is 11.9 Å². The summed E-state index contributed by atoms with van der Waals surface area (Å²) in [6.07, 6.45) is 6.69. The van der Waals surface area contributed by atoms with E-state index in [1.807, 2.05) is 20.0 Å². The summed E-state index contributed by atoms with van der Waals surface area (Å²) in [5, 5.41) is 6.17. The van der Waals surface area contributed by atoms with Gasteiger partial charge in [-0.3, -0.25) is 9.78 Å². The highest BCUT2D eigenvalue weighted by molar-refractivity contribution is 5.99. The topological polar surface area (TPSA) is 54.0 Å². The molecule has 1 aliphatic rings. The maximum atomic E-state index is 12.3. The van der Waals surface area contributed by atoms with Crippen LogP contribution in [0.3, 0.4) is 0 Å². The fourth-order valence-electron chi connectivity index (χ4n) is 2.81.